The molecule has 1 aromatic carbocycles. The van der Waals surface area contributed by atoms with Gasteiger partial charge in [-0.15, -0.1) is 0 Å². The molecule has 0 fully saturated rings. The van der Waals surface area contributed by atoms with E-state index in [1.807, 2.05) is 13.0 Å². The van der Waals surface area contributed by atoms with Crippen LogP contribution in [0.5, 0.6) is 11.8 Å². The lowest BCUT2D eigenvalue weighted by Gasteiger charge is -2.05. The fourth-order valence-corrected chi connectivity index (χ4v) is 1.58. The van der Waals surface area contributed by atoms with Gasteiger partial charge in [-0.3, -0.25) is 0 Å². The van der Waals surface area contributed by atoms with Gasteiger partial charge in [-0.1, -0.05) is 27.5 Å². The fourth-order valence-electron chi connectivity index (χ4n) is 1.09. The zero-order chi connectivity index (χ0) is 11.5. The molecule has 3 nitrogen and oxygen atoms in total. The third-order valence-electron chi connectivity index (χ3n) is 1.85. The van der Waals surface area contributed by atoms with E-state index in [9.17, 15) is 0 Å². The van der Waals surface area contributed by atoms with Crippen LogP contribution in [0, 0.1) is 6.92 Å². The summed E-state index contributed by atoms with van der Waals surface area (Å²) >= 11 is 9.32. The Bertz CT molecular complexity index is 502. The highest BCUT2D eigenvalue weighted by Crippen LogP contribution is 2.30. The van der Waals surface area contributed by atoms with E-state index in [-0.39, 0.29) is 6.01 Å². The second-order valence-corrected chi connectivity index (χ2v) is 4.54. The summed E-state index contributed by atoms with van der Waals surface area (Å²) in [4.78, 5) is 8.07. The second-order valence-electron chi connectivity index (χ2n) is 3.22. The van der Waals surface area contributed by atoms with Crippen molar-refractivity contribution in [3.8, 4) is 11.8 Å². The van der Waals surface area contributed by atoms with Gasteiger partial charge in [0.25, 0.3) is 0 Å². The fraction of sp³-hybridized carbons (Fsp3) is 0.0909. The highest BCUT2D eigenvalue weighted by molar-refractivity contribution is 9.10. The topological polar surface area (TPSA) is 35.0 Å². The van der Waals surface area contributed by atoms with Gasteiger partial charge in [0.15, 0.2) is 5.75 Å². The minimum atomic E-state index is 0.283. The Labute approximate surface area is 107 Å². The number of hydrogen-bond acceptors (Lipinski definition) is 3. The molecule has 2 aromatic rings. The van der Waals surface area contributed by atoms with Crippen molar-refractivity contribution in [1.29, 1.82) is 0 Å². The van der Waals surface area contributed by atoms with E-state index in [0.717, 1.165) is 10.0 Å². The molecule has 0 N–H and O–H groups in total. The number of nitrogens with zero attached hydrogens (tertiary/aromatic N) is 2. The number of benzene rings is 1. The van der Waals surface area contributed by atoms with Gasteiger partial charge in [-0.2, -0.15) is 0 Å². The van der Waals surface area contributed by atoms with Crippen LogP contribution in [-0.2, 0) is 0 Å². The first-order valence-corrected chi connectivity index (χ1v) is 5.74. The lowest BCUT2D eigenvalue weighted by Crippen LogP contribution is -1.92. The van der Waals surface area contributed by atoms with Crippen LogP contribution in [0.15, 0.2) is 35.1 Å². The summed E-state index contributed by atoms with van der Waals surface area (Å²) in [5.41, 5.74) is 0.979. The van der Waals surface area contributed by atoms with Crippen LogP contribution in [0.1, 0.15) is 5.56 Å². The standard InChI is InChI=1S/C11H8BrClN2O/c1-7-5-14-11(15-6-7)16-10-4-8(12)2-3-9(10)13/h2-6H,1H3. The van der Waals surface area contributed by atoms with Crippen LogP contribution in [-0.4, -0.2) is 9.97 Å². The summed E-state index contributed by atoms with van der Waals surface area (Å²) in [5.74, 6) is 0.528. The van der Waals surface area contributed by atoms with Crippen molar-refractivity contribution >= 4 is 27.5 Å². The van der Waals surface area contributed by atoms with Gasteiger partial charge in [-0.05, 0) is 30.7 Å². The van der Waals surface area contributed by atoms with Gasteiger partial charge in [-0.25, -0.2) is 9.97 Å². The summed E-state index contributed by atoms with van der Waals surface area (Å²) in [5, 5.41) is 0.521. The molecule has 0 amide bonds. The average molecular weight is 300 g/mol. The van der Waals surface area contributed by atoms with E-state index < -0.39 is 0 Å². The number of hydrogen-bond donors (Lipinski definition) is 0. The summed E-state index contributed by atoms with van der Waals surface area (Å²) in [6.45, 7) is 1.91. The molecule has 0 bridgehead atoms. The van der Waals surface area contributed by atoms with Gasteiger partial charge in [0.1, 0.15) is 0 Å². The van der Waals surface area contributed by atoms with Crippen molar-refractivity contribution < 1.29 is 4.74 Å². The molecule has 0 saturated carbocycles. The third kappa shape index (κ3) is 2.71. The van der Waals surface area contributed by atoms with Crippen LogP contribution < -0.4 is 4.74 Å². The van der Waals surface area contributed by atoms with Gasteiger partial charge >= 0.3 is 6.01 Å². The zero-order valence-corrected chi connectivity index (χ0v) is 10.8. The van der Waals surface area contributed by atoms with Crippen molar-refractivity contribution in [2.75, 3.05) is 0 Å². The summed E-state index contributed by atoms with van der Waals surface area (Å²) in [6.07, 6.45) is 3.38. The molecular formula is C11H8BrClN2O. The molecule has 82 valence electrons. The van der Waals surface area contributed by atoms with Gasteiger partial charge in [0.2, 0.25) is 0 Å². The van der Waals surface area contributed by atoms with Crippen LogP contribution >= 0.6 is 27.5 Å². The van der Waals surface area contributed by atoms with Crippen LogP contribution in [0.4, 0.5) is 0 Å². The molecule has 1 aromatic heterocycles. The minimum Gasteiger partial charge on any atom is -0.423 e. The Balaban J connectivity index is 2.26. The number of aromatic nitrogens is 2. The highest BCUT2D eigenvalue weighted by Gasteiger charge is 2.05. The van der Waals surface area contributed by atoms with E-state index in [4.69, 9.17) is 16.3 Å². The molecular weight excluding hydrogens is 291 g/mol. The van der Waals surface area contributed by atoms with E-state index in [2.05, 4.69) is 25.9 Å². The van der Waals surface area contributed by atoms with Gasteiger partial charge in [0, 0.05) is 16.9 Å². The first-order chi connectivity index (χ1) is 7.65. The Hall–Kier alpha value is -1.13. The number of ether oxygens (including phenoxy) is 1. The molecule has 0 aliphatic rings. The van der Waals surface area contributed by atoms with Crippen LogP contribution in [0.2, 0.25) is 5.02 Å². The maximum absolute atomic E-state index is 5.98. The average Bonchev–Trinajstić information content (AvgIpc) is 2.27. The quantitative estimate of drug-likeness (QED) is 0.841. The predicted molar refractivity (Wildman–Crippen MR) is 66.0 cm³/mol. The van der Waals surface area contributed by atoms with Gasteiger partial charge in [0.05, 0.1) is 5.02 Å². The largest absolute Gasteiger partial charge is 0.423 e. The Morgan fingerprint density at radius 3 is 2.62 bits per heavy atom. The smallest absolute Gasteiger partial charge is 0.321 e. The molecule has 0 radical (unpaired) electrons. The maximum Gasteiger partial charge on any atom is 0.321 e. The van der Waals surface area contributed by atoms with Crippen LogP contribution in [0.3, 0.4) is 0 Å². The minimum absolute atomic E-state index is 0.283. The number of rotatable bonds is 2. The Kier molecular flexibility index (Phi) is 3.41. The normalized spacial score (nSPS) is 10.2. The molecule has 1 heterocycles. The maximum atomic E-state index is 5.98. The lowest BCUT2D eigenvalue weighted by atomic mass is 10.3. The molecule has 0 atom stereocenters. The second kappa shape index (κ2) is 4.80. The first-order valence-electron chi connectivity index (χ1n) is 4.57. The SMILES string of the molecule is Cc1cnc(Oc2cc(Br)ccc2Cl)nc1. The zero-order valence-electron chi connectivity index (χ0n) is 8.45. The molecule has 0 aliphatic heterocycles. The summed E-state index contributed by atoms with van der Waals surface area (Å²) < 4.78 is 6.35. The number of halogens is 2. The Morgan fingerprint density at radius 1 is 1.25 bits per heavy atom. The molecule has 0 aliphatic carbocycles. The van der Waals surface area contributed by atoms with Crippen molar-refractivity contribution in [3.05, 3.63) is 45.7 Å². The Morgan fingerprint density at radius 2 is 1.94 bits per heavy atom. The van der Waals surface area contributed by atoms with E-state index in [1.165, 1.54) is 0 Å². The number of aryl methyl sites for hydroxylation is 1. The van der Waals surface area contributed by atoms with Crippen molar-refractivity contribution in [3.63, 3.8) is 0 Å². The third-order valence-corrected chi connectivity index (χ3v) is 2.66. The molecule has 2 rings (SSSR count). The molecule has 0 unspecified atom stereocenters. The molecule has 5 heteroatoms. The van der Waals surface area contributed by atoms with Crippen LogP contribution in [0.25, 0.3) is 0 Å². The lowest BCUT2D eigenvalue weighted by molar-refractivity contribution is 0.441. The summed E-state index contributed by atoms with van der Waals surface area (Å²) in [7, 11) is 0. The van der Waals surface area contributed by atoms with Gasteiger partial charge < -0.3 is 4.74 Å². The molecule has 16 heavy (non-hydrogen) atoms. The highest BCUT2D eigenvalue weighted by atomic mass is 79.9. The molecule has 0 spiro atoms. The van der Waals surface area contributed by atoms with Crippen molar-refractivity contribution in [1.82, 2.24) is 9.97 Å². The molecule has 0 saturated heterocycles. The van der Waals surface area contributed by atoms with E-state index >= 15 is 0 Å². The van der Waals surface area contributed by atoms with E-state index in [1.54, 1.807) is 24.5 Å². The van der Waals surface area contributed by atoms with E-state index in [0.29, 0.717) is 10.8 Å². The predicted octanol–water partition coefficient (Wildman–Crippen LogP) is 3.99. The van der Waals surface area contributed by atoms with Crippen molar-refractivity contribution in [2.24, 2.45) is 0 Å². The van der Waals surface area contributed by atoms with Crippen molar-refractivity contribution in [2.45, 2.75) is 6.92 Å². The summed E-state index contributed by atoms with van der Waals surface area (Å²) in [6, 6.07) is 5.64. The first kappa shape index (κ1) is 11.4. The monoisotopic (exact) mass is 298 g/mol.